The summed E-state index contributed by atoms with van der Waals surface area (Å²) in [7, 11) is 0. The lowest BCUT2D eigenvalue weighted by atomic mass is 9.91. The van der Waals surface area contributed by atoms with Gasteiger partial charge in [-0.1, -0.05) is 27.7 Å². The van der Waals surface area contributed by atoms with Crippen molar-refractivity contribution in [3.63, 3.8) is 0 Å². The molecule has 2 N–H and O–H groups in total. The number of rotatable bonds is 8. The Hall–Kier alpha value is -1.89. The molecule has 174 valence electrons. The van der Waals surface area contributed by atoms with E-state index in [9.17, 15) is 9.59 Å². The van der Waals surface area contributed by atoms with Crippen LogP contribution in [-0.2, 0) is 16.0 Å². The first-order valence-electron chi connectivity index (χ1n) is 12.1. The van der Waals surface area contributed by atoms with E-state index < -0.39 is 0 Å². The lowest BCUT2D eigenvalue weighted by molar-refractivity contribution is -0.150. The molecular formula is C24H41N5O2. The summed E-state index contributed by atoms with van der Waals surface area (Å²) in [6.07, 6.45) is 6.41. The number of piperidine rings is 1. The highest BCUT2D eigenvalue weighted by Crippen LogP contribution is 2.25. The van der Waals surface area contributed by atoms with Crippen molar-refractivity contribution in [3.8, 4) is 0 Å². The minimum Gasteiger partial charge on any atom is -0.348 e. The number of nitrogens with zero attached hydrogens (tertiary/aromatic N) is 3. The quantitative estimate of drug-likeness (QED) is 0.663. The fraction of sp³-hybridized carbons (Fsp3) is 0.792. The van der Waals surface area contributed by atoms with Gasteiger partial charge in [0.25, 0.3) is 0 Å². The average molecular weight is 432 g/mol. The molecule has 2 fully saturated rings. The third-order valence-electron chi connectivity index (χ3n) is 6.55. The van der Waals surface area contributed by atoms with E-state index in [0.717, 1.165) is 63.3 Å². The van der Waals surface area contributed by atoms with Gasteiger partial charge in [-0.15, -0.1) is 0 Å². The Labute approximate surface area is 187 Å². The van der Waals surface area contributed by atoms with Gasteiger partial charge in [0.15, 0.2) is 0 Å². The summed E-state index contributed by atoms with van der Waals surface area (Å²) >= 11 is 0. The van der Waals surface area contributed by atoms with Crippen molar-refractivity contribution in [2.24, 2.45) is 17.8 Å². The largest absolute Gasteiger partial charge is 0.348 e. The number of nitrogens with one attached hydrogen (secondary N) is 2. The van der Waals surface area contributed by atoms with Crippen LogP contribution in [0.1, 0.15) is 64.9 Å². The Morgan fingerprint density at radius 1 is 1.16 bits per heavy atom. The molecule has 1 unspecified atom stereocenters. The molecule has 2 amide bonds. The van der Waals surface area contributed by atoms with Crippen LogP contribution in [-0.4, -0.2) is 69.8 Å². The normalized spacial score (nSPS) is 21.9. The summed E-state index contributed by atoms with van der Waals surface area (Å²) < 4.78 is 0. The molecule has 31 heavy (non-hydrogen) atoms. The number of aromatic amines is 1. The summed E-state index contributed by atoms with van der Waals surface area (Å²) in [5, 5.41) is 3.36. The highest BCUT2D eigenvalue weighted by Gasteiger charge is 2.39. The molecule has 0 aromatic carbocycles. The Kier molecular flexibility index (Phi) is 8.14. The highest BCUT2D eigenvalue weighted by molar-refractivity contribution is 5.90. The lowest BCUT2D eigenvalue weighted by Gasteiger charge is -2.42. The SMILES string of the molecule is Cc1c[nH]c(CC2CCN(C(=O)C(CC(C)C)N3CCN[C@@H](CC(C)C)C3=O)CC2)n1. The number of carbonyl (C=O) groups excluding carboxylic acids is 2. The number of likely N-dealkylation sites (tertiary alicyclic amines) is 1. The van der Waals surface area contributed by atoms with Crippen molar-refractivity contribution in [2.45, 2.75) is 78.8 Å². The average Bonchev–Trinajstić information content (AvgIpc) is 3.12. The van der Waals surface area contributed by atoms with E-state index >= 15 is 0 Å². The van der Waals surface area contributed by atoms with Crippen LogP contribution < -0.4 is 5.32 Å². The zero-order chi connectivity index (χ0) is 22.5. The van der Waals surface area contributed by atoms with Crippen LogP contribution in [0.25, 0.3) is 0 Å². The third-order valence-corrected chi connectivity index (χ3v) is 6.55. The third kappa shape index (κ3) is 6.31. The molecule has 7 heteroatoms. The van der Waals surface area contributed by atoms with Crippen LogP contribution in [0.5, 0.6) is 0 Å². The highest BCUT2D eigenvalue weighted by atomic mass is 16.2. The molecular weight excluding hydrogens is 390 g/mol. The molecule has 7 nitrogen and oxygen atoms in total. The molecule has 1 aromatic rings. The van der Waals surface area contributed by atoms with Crippen molar-refractivity contribution >= 4 is 11.8 Å². The second-order valence-corrected chi connectivity index (χ2v) is 10.3. The second-order valence-electron chi connectivity index (χ2n) is 10.3. The van der Waals surface area contributed by atoms with Gasteiger partial charge in [0.05, 0.1) is 11.7 Å². The molecule has 0 aliphatic carbocycles. The van der Waals surface area contributed by atoms with Crippen molar-refractivity contribution in [2.75, 3.05) is 26.2 Å². The van der Waals surface area contributed by atoms with E-state index in [1.807, 2.05) is 22.9 Å². The minimum atomic E-state index is -0.339. The lowest BCUT2D eigenvalue weighted by Crippen LogP contribution is -2.62. The fourth-order valence-electron chi connectivity index (χ4n) is 4.94. The van der Waals surface area contributed by atoms with Crippen molar-refractivity contribution < 1.29 is 9.59 Å². The molecule has 3 heterocycles. The molecule has 2 aliphatic heterocycles. The molecule has 0 radical (unpaired) electrons. The van der Waals surface area contributed by atoms with E-state index in [0.29, 0.717) is 24.3 Å². The molecule has 2 saturated heterocycles. The van der Waals surface area contributed by atoms with E-state index in [1.165, 1.54) is 0 Å². The number of aromatic nitrogens is 2. The first-order valence-corrected chi connectivity index (χ1v) is 12.1. The van der Waals surface area contributed by atoms with Gasteiger partial charge < -0.3 is 20.1 Å². The molecule has 0 spiro atoms. The van der Waals surface area contributed by atoms with E-state index in [2.05, 4.69) is 43.0 Å². The molecule has 3 rings (SSSR count). The molecule has 2 aliphatic rings. The van der Waals surface area contributed by atoms with Gasteiger partial charge in [-0.05, 0) is 50.4 Å². The van der Waals surface area contributed by atoms with Gasteiger partial charge >= 0.3 is 0 Å². The summed E-state index contributed by atoms with van der Waals surface area (Å²) in [6.45, 7) is 13.5. The maximum absolute atomic E-state index is 13.6. The van der Waals surface area contributed by atoms with Crippen molar-refractivity contribution in [1.82, 2.24) is 25.1 Å². The molecule has 0 bridgehead atoms. The number of carbonyl (C=O) groups is 2. The number of aryl methyl sites for hydroxylation is 1. The number of piperazine rings is 1. The molecule has 0 saturated carbocycles. The van der Waals surface area contributed by atoms with Crippen molar-refractivity contribution in [1.29, 1.82) is 0 Å². The van der Waals surface area contributed by atoms with E-state index in [1.54, 1.807) is 0 Å². The smallest absolute Gasteiger partial charge is 0.245 e. The van der Waals surface area contributed by atoms with Gasteiger partial charge in [0, 0.05) is 38.8 Å². The Balaban J connectivity index is 1.62. The Morgan fingerprint density at radius 3 is 2.45 bits per heavy atom. The van der Waals surface area contributed by atoms with Gasteiger partial charge in [-0.2, -0.15) is 0 Å². The number of imidazole rings is 1. The number of hydrogen-bond acceptors (Lipinski definition) is 4. The Bertz CT molecular complexity index is 736. The molecule has 2 atom stereocenters. The maximum Gasteiger partial charge on any atom is 0.245 e. The topological polar surface area (TPSA) is 81.3 Å². The number of H-pyrrole nitrogens is 1. The van der Waals surface area contributed by atoms with E-state index in [4.69, 9.17) is 0 Å². The predicted octanol–water partition coefficient (Wildman–Crippen LogP) is 2.76. The van der Waals surface area contributed by atoms with Gasteiger partial charge in [0.2, 0.25) is 11.8 Å². The summed E-state index contributed by atoms with van der Waals surface area (Å²) in [4.78, 5) is 38.4. The second kappa shape index (κ2) is 10.6. The maximum atomic E-state index is 13.6. The predicted molar refractivity (Wildman–Crippen MR) is 123 cm³/mol. The van der Waals surface area contributed by atoms with Crippen LogP contribution in [0.2, 0.25) is 0 Å². The van der Waals surface area contributed by atoms with Crippen LogP contribution in [0.15, 0.2) is 6.20 Å². The van der Waals surface area contributed by atoms with Crippen LogP contribution >= 0.6 is 0 Å². The van der Waals surface area contributed by atoms with Crippen LogP contribution in [0, 0.1) is 24.7 Å². The zero-order valence-electron chi connectivity index (χ0n) is 20.0. The number of hydrogen-bond donors (Lipinski definition) is 2. The van der Waals surface area contributed by atoms with Crippen LogP contribution in [0.3, 0.4) is 0 Å². The van der Waals surface area contributed by atoms with E-state index in [-0.39, 0.29) is 23.9 Å². The first kappa shape index (κ1) is 23.8. The van der Waals surface area contributed by atoms with Gasteiger partial charge in [0.1, 0.15) is 11.9 Å². The van der Waals surface area contributed by atoms with Gasteiger partial charge in [-0.25, -0.2) is 4.98 Å². The zero-order valence-corrected chi connectivity index (χ0v) is 20.0. The number of amides is 2. The fourth-order valence-corrected chi connectivity index (χ4v) is 4.94. The summed E-state index contributed by atoms with van der Waals surface area (Å²) in [5.74, 6) is 2.64. The van der Waals surface area contributed by atoms with Gasteiger partial charge in [-0.3, -0.25) is 9.59 Å². The first-order chi connectivity index (χ1) is 14.7. The summed E-state index contributed by atoms with van der Waals surface area (Å²) in [5.41, 5.74) is 1.02. The minimum absolute atomic E-state index is 0.0991. The summed E-state index contributed by atoms with van der Waals surface area (Å²) in [6, 6.07) is -0.507. The van der Waals surface area contributed by atoms with Crippen molar-refractivity contribution in [3.05, 3.63) is 17.7 Å². The van der Waals surface area contributed by atoms with Crippen LogP contribution in [0.4, 0.5) is 0 Å². The monoisotopic (exact) mass is 431 g/mol. The molecule has 1 aromatic heterocycles. The Morgan fingerprint density at radius 2 is 1.87 bits per heavy atom. The standard InChI is InChI=1S/C24H41N5O2/c1-16(2)12-20-23(30)29(11-8-25-20)21(13-17(3)4)24(31)28-9-6-19(7-10-28)14-22-26-15-18(5)27-22/h15-17,19-21,25H,6-14H2,1-5H3,(H,26,27)/t20-,21?/m0/s1.